The molecule has 0 radical (unpaired) electrons. The van der Waals surface area contributed by atoms with Crippen molar-refractivity contribution in [2.24, 2.45) is 0 Å². The lowest BCUT2D eigenvalue weighted by molar-refractivity contribution is -0.131. The second-order valence-electron chi connectivity index (χ2n) is 9.28. The Kier molecular flexibility index (Phi) is 5.70. The highest BCUT2D eigenvalue weighted by Crippen LogP contribution is 2.33. The van der Waals surface area contributed by atoms with Crippen LogP contribution in [0, 0.1) is 6.92 Å². The molecule has 4 heterocycles. The van der Waals surface area contributed by atoms with Crippen LogP contribution in [-0.4, -0.2) is 48.5 Å². The minimum absolute atomic E-state index is 0.0644. The number of aromatic amines is 1. The number of fused-ring (bicyclic) bond motifs is 2. The summed E-state index contributed by atoms with van der Waals surface area (Å²) in [4.78, 5) is 34.3. The maximum absolute atomic E-state index is 13.3. The summed E-state index contributed by atoms with van der Waals surface area (Å²) in [5.74, 6) is 0.391. The molecular weight excluding hydrogens is 418 g/mol. The van der Waals surface area contributed by atoms with Gasteiger partial charge in [-0.3, -0.25) is 19.6 Å². The number of rotatable bonds is 4. The Balaban J connectivity index is 1.47. The largest absolute Gasteiger partial charge is 0.508 e. The fourth-order valence-electron chi connectivity index (χ4n) is 5.17. The molecule has 8 heteroatoms. The average molecular weight is 450 g/mol. The van der Waals surface area contributed by atoms with Crippen LogP contribution in [0.2, 0.25) is 0 Å². The SMILES string of the molecule is CCC(=O)N1CCc2nc3cc([C@@H]4CCCCN4Cc4ccc(C)cc4O)[nH]n3c(=O)c2C1. The second-order valence-corrected chi connectivity index (χ2v) is 9.28. The third kappa shape index (κ3) is 4.04. The molecule has 2 aliphatic heterocycles. The van der Waals surface area contributed by atoms with E-state index < -0.39 is 0 Å². The van der Waals surface area contributed by atoms with Gasteiger partial charge in [-0.05, 0) is 37.9 Å². The van der Waals surface area contributed by atoms with E-state index in [2.05, 4.69) is 10.00 Å². The molecule has 174 valence electrons. The predicted octanol–water partition coefficient (Wildman–Crippen LogP) is 3.06. The average Bonchev–Trinajstić information content (AvgIpc) is 3.25. The molecule has 1 saturated heterocycles. The maximum atomic E-state index is 13.3. The van der Waals surface area contributed by atoms with E-state index in [-0.39, 0.29) is 17.5 Å². The molecule has 0 unspecified atom stereocenters. The Bertz CT molecular complexity index is 1260. The van der Waals surface area contributed by atoms with Gasteiger partial charge in [0.2, 0.25) is 5.91 Å². The first-order valence-corrected chi connectivity index (χ1v) is 11.9. The standard InChI is InChI=1S/C25H31N5O3/c1-3-24(32)29-11-9-19-18(15-29)25(33)30-23(26-19)13-20(27-30)21-6-4-5-10-28(21)14-17-8-7-16(2)12-22(17)31/h7-8,12-13,21,27,31H,3-6,9-11,14-15H2,1-2H3/t21-/m0/s1. The Morgan fingerprint density at radius 3 is 2.88 bits per heavy atom. The van der Waals surface area contributed by atoms with Gasteiger partial charge in [-0.1, -0.05) is 25.5 Å². The van der Waals surface area contributed by atoms with Crippen molar-refractivity contribution in [3.63, 3.8) is 0 Å². The van der Waals surface area contributed by atoms with E-state index in [1.807, 2.05) is 32.0 Å². The second kappa shape index (κ2) is 8.67. The zero-order valence-electron chi connectivity index (χ0n) is 19.3. The number of hydrogen-bond donors (Lipinski definition) is 2. The fraction of sp³-hybridized carbons (Fsp3) is 0.480. The number of aromatic hydroxyl groups is 1. The molecule has 1 atom stereocenters. The molecule has 2 aliphatic rings. The number of nitrogens with zero attached hydrogens (tertiary/aromatic N) is 4. The molecule has 33 heavy (non-hydrogen) atoms. The zero-order chi connectivity index (χ0) is 23.1. The number of phenols is 1. The number of nitrogens with one attached hydrogen (secondary N) is 1. The lowest BCUT2D eigenvalue weighted by Crippen LogP contribution is -2.40. The number of benzene rings is 1. The Labute approximate surface area is 192 Å². The molecule has 0 spiro atoms. The fourth-order valence-corrected chi connectivity index (χ4v) is 5.17. The molecule has 2 aromatic heterocycles. The van der Waals surface area contributed by atoms with E-state index in [0.717, 1.165) is 48.3 Å². The molecule has 3 aromatic rings. The van der Waals surface area contributed by atoms with Gasteiger partial charge >= 0.3 is 0 Å². The number of carbonyl (C=O) groups excluding carboxylic acids is 1. The van der Waals surface area contributed by atoms with Crippen molar-refractivity contribution in [2.45, 2.75) is 65.1 Å². The van der Waals surface area contributed by atoms with Crippen LogP contribution in [0.5, 0.6) is 5.75 Å². The number of aryl methyl sites for hydroxylation is 1. The maximum Gasteiger partial charge on any atom is 0.277 e. The molecule has 0 bridgehead atoms. The summed E-state index contributed by atoms with van der Waals surface area (Å²) in [5, 5.41) is 13.7. The Morgan fingerprint density at radius 1 is 1.24 bits per heavy atom. The summed E-state index contributed by atoms with van der Waals surface area (Å²) in [5.41, 5.74) is 4.84. The molecule has 0 aliphatic carbocycles. The number of hydrogen-bond acceptors (Lipinski definition) is 5. The van der Waals surface area contributed by atoms with Gasteiger partial charge in [-0.2, -0.15) is 0 Å². The lowest BCUT2D eigenvalue weighted by Gasteiger charge is -2.35. The first-order valence-electron chi connectivity index (χ1n) is 11.9. The number of aromatic nitrogens is 3. The van der Waals surface area contributed by atoms with Gasteiger partial charge in [0, 0.05) is 37.6 Å². The minimum atomic E-state index is -0.117. The van der Waals surface area contributed by atoms with Crippen molar-refractivity contribution in [1.29, 1.82) is 0 Å². The first kappa shape index (κ1) is 21.7. The number of amides is 1. The number of H-pyrrole nitrogens is 1. The van der Waals surface area contributed by atoms with Crippen LogP contribution in [0.15, 0.2) is 29.1 Å². The van der Waals surface area contributed by atoms with Crippen LogP contribution >= 0.6 is 0 Å². The van der Waals surface area contributed by atoms with Crippen molar-refractivity contribution >= 4 is 11.6 Å². The summed E-state index contributed by atoms with van der Waals surface area (Å²) in [6.07, 6.45) is 4.25. The van der Waals surface area contributed by atoms with Gasteiger partial charge in [0.1, 0.15) is 5.75 Å². The van der Waals surface area contributed by atoms with E-state index >= 15 is 0 Å². The zero-order valence-corrected chi connectivity index (χ0v) is 19.3. The van der Waals surface area contributed by atoms with Gasteiger partial charge in [-0.25, -0.2) is 9.50 Å². The van der Waals surface area contributed by atoms with Gasteiger partial charge in [0.15, 0.2) is 5.65 Å². The third-order valence-electron chi connectivity index (χ3n) is 7.02. The highest BCUT2D eigenvalue weighted by Gasteiger charge is 2.29. The summed E-state index contributed by atoms with van der Waals surface area (Å²) in [7, 11) is 0. The molecule has 8 nitrogen and oxygen atoms in total. The van der Waals surface area contributed by atoms with E-state index in [1.165, 1.54) is 4.52 Å². The van der Waals surface area contributed by atoms with Crippen LogP contribution < -0.4 is 5.56 Å². The minimum Gasteiger partial charge on any atom is -0.508 e. The van der Waals surface area contributed by atoms with Crippen molar-refractivity contribution in [1.82, 2.24) is 24.4 Å². The van der Waals surface area contributed by atoms with Crippen molar-refractivity contribution in [3.8, 4) is 5.75 Å². The monoisotopic (exact) mass is 449 g/mol. The van der Waals surface area contributed by atoms with Crippen molar-refractivity contribution < 1.29 is 9.90 Å². The molecule has 1 amide bonds. The van der Waals surface area contributed by atoms with Crippen LogP contribution in [0.3, 0.4) is 0 Å². The van der Waals surface area contributed by atoms with E-state index in [1.54, 1.807) is 11.0 Å². The predicted molar refractivity (Wildman–Crippen MR) is 125 cm³/mol. The molecule has 2 N–H and O–H groups in total. The number of carbonyl (C=O) groups is 1. The van der Waals surface area contributed by atoms with E-state index in [9.17, 15) is 14.7 Å². The summed E-state index contributed by atoms with van der Waals surface area (Å²) in [6, 6.07) is 7.93. The summed E-state index contributed by atoms with van der Waals surface area (Å²) < 4.78 is 1.53. The first-order chi connectivity index (χ1) is 15.9. The van der Waals surface area contributed by atoms with Gasteiger partial charge < -0.3 is 10.0 Å². The summed E-state index contributed by atoms with van der Waals surface area (Å²) >= 11 is 0. The smallest absolute Gasteiger partial charge is 0.277 e. The number of phenolic OH excluding ortho intramolecular Hbond substituents is 1. The van der Waals surface area contributed by atoms with Gasteiger partial charge in [-0.15, -0.1) is 0 Å². The quantitative estimate of drug-likeness (QED) is 0.639. The van der Waals surface area contributed by atoms with E-state index in [0.29, 0.717) is 49.4 Å². The highest BCUT2D eigenvalue weighted by atomic mass is 16.3. The van der Waals surface area contributed by atoms with E-state index in [4.69, 9.17) is 4.98 Å². The molecule has 1 fully saturated rings. The Hall–Kier alpha value is -3.13. The van der Waals surface area contributed by atoms with Crippen LogP contribution in [0.25, 0.3) is 5.65 Å². The Morgan fingerprint density at radius 2 is 2.09 bits per heavy atom. The van der Waals surface area contributed by atoms with Gasteiger partial charge in [0.05, 0.1) is 29.5 Å². The number of likely N-dealkylation sites (tertiary alicyclic amines) is 1. The topological polar surface area (TPSA) is 93.9 Å². The normalized spacial score (nSPS) is 19.1. The molecule has 0 saturated carbocycles. The third-order valence-corrected chi connectivity index (χ3v) is 7.02. The van der Waals surface area contributed by atoms with Crippen LogP contribution in [-0.2, 0) is 24.3 Å². The van der Waals surface area contributed by atoms with Crippen LogP contribution in [0.1, 0.15) is 66.7 Å². The molecule has 5 rings (SSSR count). The van der Waals surface area contributed by atoms with Crippen molar-refractivity contribution in [2.75, 3.05) is 13.1 Å². The number of piperidine rings is 1. The highest BCUT2D eigenvalue weighted by molar-refractivity contribution is 5.76. The molecule has 1 aromatic carbocycles. The van der Waals surface area contributed by atoms with Crippen molar-refractivity contribution in [3.05, 3.63) is 62.7 Å². The van der Waals surface area contributed by atoms with Crippen LogP contribution in [0.4, 0.5) is 0 Å². The molecular formula is C25H31N5O3. The lowest BCUT2D eigenvalue weighted by atomic mass is 9.98. The summed E-state index contributed by atoms with van der Waals surface area (Å²) in [6.45, 7) is 6.33. The van der Waals surface area contributed by atoms with Gasteiger partial charge in [0.25, 0.3) is 5.56 Å².